The first-order valence-corrected chi connectivity index (χ1v) is 10.3. The lowest BCUT2D eigenvalue weighted by Gasteiger charge is -2.31. The van der Waals surface area contributed by atoms with Crippen molar-refractivity contribution in [1.82, 2.24) is 15.5 Å². The molecule has 2 rings (SSSR count). The number of nitrogens with zero attached hydrogens (tertiary/aromatic N) is 2. The van der Waals surface area contributed by atoms with Crippen LogP contribution in [-0.2, 0) is 4.79 Å². The van der Waals surface area contributed by atoms with Crippen molar-refractivity contribution in [2.75, 3.05) is 40.8 Å². The molecule has 1 aromatic carbocycles. The van der Waals surface area contributed by atoms with Gasteiger partial charge in [-0.15, -0.1) is 0 Å². The van der Waals surface area contributed by atoms with Gasteiger partial charge in [0, 0.05) is 34.2 Å². The standard InChI is InChI=1S/C22H36N4O2/c1-18-9-11-19(12-10-18)28-16-8-7-15-24-21(23-2)25-17-22(13-5-6-14-22)20(27)26(3)4/h9-12H,5-8,13-17H2,1-4H3,(H2,23,24,25). The van der Waals surface area contributed by atoms with Gasteiger partial charge in [-0.1, -0.05) is 30.5 Å². The highest BCUT2D eigenvalue weighted by Crippen LogP contribution is 2.38. The van der Waals surface area contributed by atoms with Crippen molar-refractivity contribution >= 4 is 11.9 Å². The molecular formula is C22H36N4O2. The lowest BCUT2D eigenvalue weighted by molar-refractivity contribution is -0.138. The van der Waals surface area contributed by atoms with E-state index in [0.29, 0.717) is 13.2 Å². The second kappa shape index (κ2) is 10.9. The van der Waals surface area contributed by atoms with Crippen molar-refractivity contribution in [3.8, 4) is 5.75 Å². The molecule has 1 aliphatic rings. The molecule has 0 atom stereocenters. The normalized spacial score (nSPS) is 15.9. The van der Waals surface area contributed by atoms with E-state index in [1.807, 2.05) is 26.2 Å². The Morgan fingerprint density at radius 1 is 1.14 bits per heavy atom. The molecule has 1 amide bonds. The predicted octanol–water partition coefficient (Wildman–Crippen LogP) is 2.97. The Labute approximate surface area is 169 Å². The van der Waals surface area contributed by atoms with Gasteiger partial charge in [0.25, 0.3) is 0 Å². The van der Waals surface area contributed by atoms with Crippen LogP contribution in [0.1, 0.15) is 44.1 Å². The van der Waals surface area contributed by atoms with Gasteiger partial charge in [-0.05, 0) is 44.7 Å². The van der Waals surface area contributed by atoms with E-state index >= 15 is 0 Å². The minimum absolute atomic E-state index is 0.223. The predicted molar refractivity (Wildman–Crippen MR) is 115 cm³/mol. The van der Waals surface area contributed by atoms with Crippen molar-refractivity contribution in [3.63, 3.8) is 0 Å². The zero-order valence-corrected chi connectivity index (χ0v) is 17.9. The highest BCUT2D eigenvalue weighted by atomic mass is 16.5. The number of hydrogen-bond donors (Lipinski definition) is 2. The lowest BCUT2D eigenvalue weighted by Crippen LogP contribution is -2.49. The Kier molecular flexibility index (Phi) is 8.61. The maximum Gasteiger partial charge on any atom is 0.230 e. The van der Waals surface area contributed by atoms with Crippen LogP contribution in [0.25, 0.3) is 0 Å². The molecule has 156 valence electrons. The number of unbranched alkanes of at least 4 members (excludes halogenated alkanes) is 1. The van der Waals surface area contributed by atoms with Crippen molar-refractivity contribution in [1.29, 1.82) is 0 Å². The summed E-state index contributed by atoms with van der Waals surface area (Å²) >= 11 is 0. The molecule has 6 nitrogen and oxygen atoms in total. The van der Waals surface area contributed by atoms with Crippen LogP contribution in [0.15, 0.2) is 29.3 Å². The molecule has 0 aromatic heterocycles. The third-order valence-corrected chi connectivity index (χ3v) is 5.39. The molecule has 0 heterocycles. The van der Waals surface area contributed by atoms with Crippen molar-refractivity contribution in [2.45, 2.75) is 45.4 Å². The number of carbonyl (C=O) groups is 1. The molecule has 0 spiro atoms. The van der Waals surface area contributed by atoms with Crippen LogP contribution < -0.4 is 15.4 Å². The SMILES string of the molecule is CN=C(NCCCCOc1ccc(C)cc1)NCC1(C(=O)N(C)C)CCCC1. The topological polar surface area (TPSA) is 66.0 Å². The fourth-order valence-electron chi connectivity index (χ4n) is 3.72. The first kappa shape index (κ1) is 22.1. The van der Waals surface area contributed by atoms with E-state index in [0.717, 1.165) is 56.8 Å². The number of carbonyl (C=O) groups excluding carboxylic acids is 1. The number of ether oxygens (including phenoxy) is 1. The lowest BCUT2D eigenvalue weighted by atomic mass is 9.84. The molecule has 28 heavy (non-hydrogen) atoms. The molecule has 0 radical (unpaired) electrons. The minimum Gasteiger partial charge on any atom is -0.494 e. The second-order valence-electron chi connectivity index (χ2n) is 7.91. The monoisotopic (exact) mass is 388 g/mol. The van der Waals surface area contributed by atoms with Gasteiger partial charge in [-0.25, -0.2) is 0 Å². The van der Waals surface area contributed by atoms with E-state index in [2.05, 4.69) is 34.7 Å². The van der Waals surface area contributed by atoms with Gasteiger partial charge >= 0.3 is 0 Å². The summed E-state index contributed by atoms with van der Waals surface area (Å²) in [6.45, 7) is 4.24. The first-order chi connectivity index (χ1) is 13.5. The summed E-state index contributed by atoms with van der Waals surface area (Å²) in [5.41, 5.74) is 0.949. The number of guanidine groups is 1. The number of amides is 1. The van der Waals surface area contributed by atoms with Gasteiger partial charge in [0.1, 0.15) is 5.75 Å². The Hall–Kier alpha value is -2.24. The van der Waals surface area contributed by atoms with E-state index in [9.17, 15) is 4.79 Å². The highest BCUT2D eigenvalue weighted by molar-refractivity contribution is 5.85. The smallest absolute Gasteiger partial charge is 0.230 e. The number of aliphatic imine (C=N–C) groups is 1. The van der Waals surface area contributed by atoms with E-state index in [-0.39, 0.29) is 11.3 Å². The molecule has 0 saturated heterocycles. The van der Waals surface area contributed by atoms with Gasteiger partial charge in [0.2, 0.25) is 5.91 Å². The molecule has 0 aliphatic heterocycles. The van der Waals surface area contributed by atoms with Gasteiger partial charge in [-0.3, -0.25) is 9.79 Å². The largest absolute Gasteiger partial charge is 0.494 e. The molecule has 1 aromatic rings. The van der Waals surface area contributed by atoms with Crippen LogP contribution in [0.3, 0.4) is 0 Å². The van der Waals surface area contributed by atoms with Gasteiger partial charge in [-0.2, -0.15) is 0 Å². The number of nitrogens with one attached hydrogen (secondary N) is 2. The molecule has 2 N–H and O–H groups in total. The van der Waals surface area contributed by atoms with E-state index < -0.39 is 0 Å². The van der Waals surface area contributed by atoms with Gasteiger partial charge < -0.3 is 20.3 Å². The van der Waals surface area contributed by atoms with Crippen molar-refractivity contribution in [3.05, 3.63) is 29.8 Å². The van der Waals surface area contributed by atoms with Crippen LogP contribution in [-0.4, -0.2) is 57.6 Å². The van der Waals surface area contributed by atoms with Gasteiger partial charge in [0.05, 0.1) is 12.0 Å². The average Bonchev–Trinajstić information content (AvgIpc) is 3.17. The summed E-state index contributed by atoms with van der Waals surface area (Å²) in [6, 6.07) is 8.13. The fraction of sp³-hybridized carbons (Fsp3) is 0.636. The summed E-state index contributed by atoms with van der Waals surface area (Å²) in [5.74, 6) is 1.90. The molecule has 0 bridgehead atoms. The molecular weight excluding hydrogens is 352 g/mol. The molecule has 0 unspecified atom stereocenters. The fourth-order valence-corrected chi connectivity index (χ4v) is 3.72. The van der Waals surface area contributed by atoms with Gasteiger partial charge in [0.15, 0.2) is 5.96 Å². The Bertz CT molecular complexity index is 634. The zero-order valence-electron chi connectivity index (χ0n) is 17.9. The number of rotatable bonds is 9. The third-order valence-electron chi connectivity index (χ3n) is 5.39. The second-order valence-corrected chi connectivity index (χ2v) is 7.91. The number of hydrogen-bond acceptors (Lipinski definition) is 3. The van der Waals surface area contributed by atoms with Crippen LogP contribution >= 0.6 is 0 Å². The van der Waals surface area contributed by atoms with Crippen LogP contribution in [0.5, 0.6) is 5.75 Å². The Morgan fingerprint density at radius 3 is 2.43 bits per heavy atom. The quantitative estimate of drug-likeness (QED) is 0.388. The average molecular weight is 389 g/mol. The summed E-state index contributed by atoms with van der Waals surface area (Å²) in [5, 5.41) is 6.71. The maximum atomic E-state index is 12.6. The third kappa shape index (κ3) is 6.43. The molecule has 6 heteroatoms. The molecule has 1 saturated carbocycles. The Balaban J connectivity index is 1.67. The van der Waals surface area contributed by atoms with E-state index in [1.165, 1.54) is 5.56 Å². The number of benzene rings is 1. The summed E-state index contributed by atoms with van der Waals surface area (Å²) in [7, 11) is 5.45. The van der Waals surface area contributed by atoms with Crippen LogP contribution in [0.4, 0.5) is 0 Å². The summed E-state index contributed by atoms with van der Waals surface area (Å²) < 4.78 is 5.76. The molecule has 1 fully saturated rings. The maximum absolute atomic E-state index is 12.6. The van der Waals surface area contributed by atoms with Crippen molar-refractivity contribution in [2.24, 2.45) is 10.4 Å². The zero-order chi connectivity index (χ0) is 20.4. The van der Waals surface area contributed by atoms with Crippen molar-refractivity contribution < 1.29 is 9.53 Å². The molecule has 1 aliphatic carbocycles. The van der Waals surface area contributed by atoms with Crippen LogP contribution in [0, 0.1) is 12.3 Å². The Morgan fingerprint density at radius 2 is 1.82 bits per heavy atom. The number of aryl methyl sites for hydroxylation is 1. The summed E-state index contributed by atoms with van der Waals surface area (Å²) in [4.78, 5) is 18.7. The highest BCUT2D eigenvalue weighted by Gasteiger charge is 2.42. The van der Waals surface area contributed by atoms with E-state index in [1.54, 1.807) is 11.9 Å². The minimum atomic E-state index is -0.289. The van der Waals surface area contributed by atoms with Crippen LogP contribution in [0.2, 0.25) is 0 Å². The first-order valence-electron chi connectivity index (χ1n) is 10.3. The van der Waals surface area contributed by atoms with E-state index in [4.69, 9.17) is 4.74 Å². The summed E-state index contributed by atoms with van der Waals surface area (Å²) in [6.07, 6.45) is 6.10.